The number of thiocarbonyl (C=S) groups is 1. The van der Waals surface area contributed by atoms with E-state index in [0.29, 0.717) is 15.6 Å². The predicted octanol–water partition coefficient (Wildman–Crippen LogP) is 4.36. The summed E-state index contributed by atoms with van der Waals surface area (Å²) in [6.45, 7) is 3.24. The number of hydrogen-bond acceptors (Lipinski definition) is 4. The molecule has 1 aliphatic rings. The van der Waals surface area contributed by atoms with Gasteiger partial charge in [-0.25, -0.2) is 0 Å². The Morgan fingerprint density at radius 2 is 1.82 bits per heavy atom. The lowest BCUT2D eigenvalue weighted by Crippen LogP contribution is -2.36. The van der Waals surface area contributed by atoms with Gasteiger partial charge in [-0.15, -0.1) is 0 Å². The minimum Gasteiger partial charge on any atom is -0.378 e. The van der Waals surface area contributed by atoms with E-state index >= 15 is 0 Å². The van der Waals surface area contributed by atoms with E-state index in [2.05, 4.69) is 15.5 Å². The highest BCUT2D eigenvalue weighted by Crippen LogP contribution is 2.22. The van der Waals surface area contributed by atoms with Crippen LogP contribution in [0.15, 0.2) is 48.5 Å². The van der Waals surface area contributed by atoms with Crippen molar-refractivity contribution in [2.75, 3.05) is 36.5 Å². The molecule has 1 amide bonds. The number of ether oxygens (including phenoxy) is 1. The van der Waals surface area contributed by atoms with Crippen molar-refractivity contribution in [2.45, 2.75) is 0 Å². The molecule has 1 aliphatic heterocycles. The molecule has 1 heterocycles. The molecule has 0 aromatic heterocycles. The first kappa shape index (κ1) is 20.6. The second-order valence-corrected chi connectivity index (χ2v) is 7.34. The summed E-state index contributed by atoms with van der Waals surface area (Å²) in [5.74, 6) is -0.353. The van der Waals surface area contributed by atoms with Gasteiger partial charge in [0.25, 0.3) is 0 Å². The summed E-state index contributed by atoms with van der Waals surface area (Å²) in [7, 11) is 0. The molecule has 1 fully saturated rings. The third-order valence-electron chi connectivity index (χ3n) is 4.11. The zero-order valence-electron chi connectivity index (χ0n) is 15.0. The van der Waals surface area contributed by atoms with Crippen molar-refractivity contribution in [1.29, 1.82) is 0 Å². The number of carbonyl (C=O) groups excluding carboxylic acids is 1. The van der Waals surface area contributed by atoms with Crippen LogP contribution in [0.4, 0.5) is 11.4 Å². The molecule has 2 N–H and O–H groups in total. The summed E-state index contributed by atoms with van der Waals surface area (Å²) in [6.07, 6.45) is 2.97. The van der Waals surface area contributed by atoms with E-state index in [-0.39, 0.29) is 11.0 Å². The number of anilines is 2. The Morgan fingerprint density at radius 1 is 1.11 bits per heavy atom. The van der Waals surface area contributed by atoms with E-state index in [1.807, 2.05) is 24.3 Å². The number of benzene rings is 2. The third kappa shape index (κ3) is 5.94. The minimum atomic E-state index is -0.353. The number of amides is 1. The number of hydrogen-bond donors (Lipinski definition) is 2. The lowest BCUT2D eigenvalue weighted by Gasteiger charge is -2.28. The Kier molecular flexibility index (Phi) is 7.28. The normalized spacial score (nSPS) is 14.1. The van der Waals surface area contributed by atoms with E-state index in [1.165, 1.54) is 6.08 Å². The van der Waals surface area contributed by atoms with Gasteiger partial charge in [-0.05, 0) is 60.3 Å². The lowest BCUT2D eigenvalue weighted by molar-refractivity contribution is -0.115. The molecule has 0 bridgehead atoms. The van der Waals surface area contributed by atoms with E-state index in [9.17, 15) is 4.79 Å². The number of rotatable bonds is 4. The molecular formula is C20H19Cl2N3O2S. The standard InChI is InChI=1S/C20H19Cl2N3O2S/c21-15-3-1-14(18(22)13-15)2-8-19(26)24-20(28)23-16-4-6-17(7-5-16)25-9-11-27-12-10-25/h1-8,13H,9-12H2,(H2,23,24,26,28)/b8-2+. The molecular weight excluding hydrogens is 417 g/mol. The first-order chi connectivity index (χ1) is 13.5. The summed E-state index contributed by atoms with van der Waals surface area (Å²) in [6, 6.07) is 12.9. The van der Waals surface area contributed by atoms with Gasteiger partial charge >= 0.3 is 0 Å². The molecule has 0 spiro atoms. The molecule has 2 aromatic carbocycles. The van der Waals surface area contributed by atoms with Gasteiger partial charge in [-0.2, -0.15) is 0 Å². The van der Waals surface area contributed by atoms with Crippen LogP contribution >= 0.6 is 35.4 Å². The fraction of sp³-hybridized carbons (Fsp3) is 0.200. The van der Waals surface area contributed by atoms with Gasteiger partial charge in [0.2, 0.25) is 5.91 Å². The van der Waals surface area contributed by atoms with Crippen molar-refractivity contribution >= 4 is 63.9 Å². The highest BCUT2D eigenvalue weighted by molar-refractivity contribution is 7.80. The van der Waals surface area contributed by atoms with Crippen LogP contribution < -0.4 is 15.5 Å². The van der Waals surface area contributed by atoms with Crippen LogP contribution in [0.1, 0.15) is 5.56 Å². The number of halogens is 2. The van der Waals surface area contributed by atoms with Crippen LogP contribution in [-0.2, 0) is 9.53 Å². The molecule has 0 aliphatic carbocycles. The maximum Gasteiger partial charge on any atom is 0.250 e. The number of nitrogens with zero attached hydrogens (tertiary/aromatic N) is 1. The van der Waals surface area contributed by atoms with E-state index in [0.717, 1.165) is 37.7 Å². The molecule has 0 radical (unpaired) electrons. The third-order valence-corrected chi connectivity index (χ3v) is 4.88. The molecule has 3 rings (SSSR count). The molecule has 28 heavy (non-hydrogen) atoms. The summed E-state index contributed by atoms with van der Waals surface area (Å²) >= 11 is 17.1. The van der Waals surface area contributed by atoms with Gasteiger partial charge in [-0.3, -0.25) is 10.1 Å². The molecule has 5 nitrogen and oxygen atoms in total. The lowest BCUT2D eigenvalue weighted by atomic mass is 10.2. The van der Waals surface area contributed by atoms with Crippen molar-refractivity contribution in [3.05, 3.63) is 64.1 Å². The average Bonchev–Trinajstić information content (AvgIpc) is 2.68. The predicted molar refractivity (Wildman–Crippen MR) is 119 cm³/mol. The maximum atomic E-state index is 12.0. The topological polar surface area (TPSA) is 53.6 Å². The molecule has 0 saturated carbocycles. The summed E-state index contributed by atoms with van der Waals surface area (Å²) in [4.78, 5) is 14.3. The van der Waals surface area contributed by atoms with E-state index in [1.54, 1.807) is 24.3 Å². The first-order valence-corrected chi connectivity index (χ1v) is 9.85. The van der Waals surface area contributed by atoms with Gasteiger partial charge in [0.15, 0.2) is 5.11 Å². The molecule has 8 heteroatoms. The molecule has 0 atom stereocenters. The Labute approximate surface area is 179 Å². The molecule has 1 saturated heterocycles. The molecule has 2 aromatic rings. The van der Waals surface area contributed by atoms with Gasteiger partial charge in [0.05, 0.1) is 13.2 Å². The summed E-state index contributed by atoms with van der Waals surface area (Å²) in [5, 5.41) is 6.83. The van der Waals surface area contributed by atoms with Crippen LogP contribution in [0.2, 0.25) is 10.0 Å². The second-order valence-electron chi connectivity index (χ2n) is 6.09. The number of morpholine rings is 1. The van der Waals surface area contributed by atoms with Crippen LogP contribution in [0.5, 0.6) is 0 Å². The van der Waals surface area contributed by atoms with Crippen LogP contribution in [0.3, 0.4) is 0 Å². The van der Waals surface area contributed by atoms with Gasteiger partial charge in [0.1, 0.15) is 0 Å². The fourth-order valence-corrected chi connectivity index (χ4v) is 3.39. The smallest absolute Gasteiger partial charge is 0.250 e. The van der Waals surface area contributed by atoms with Gasteiger partial charge in [0, 0.05) is 40.6 Å². The Hall–Kier alpha value is -2.12. The SMILES string of the molecule is O=C(/C=C/c1ccc(Cl)cc1Cl)NC(=S)Nc1ccc(N2CCOCC2)cc1. The van der Waals surface area contributed by atoms with Crippen molar-refractivity contribution in [1.82, 2.24) is 5.32 Å². The Balaban J connectivity index is 1.51. The molecule has 0 unspecified atom stereocenters. The van der Waals surface area contributed by atoms with Crippen LogP contribution in [-0.4, -0.2) is 37.3 Å². The molecule has 146 valence electrons. The zero-order valence-corrected chi connectivity index (χ0v) is 17.3. The second kappa shape index (κ2) is 9.89. The number of nitrogens with one attached hydrogen (secondary N) is 2. The minimum absolute atomic E-state index is 0.218. The van der Waals surface area contributed by atoms with Gasteiger partial charge in [-0.1, -0.05) is 29.3 Å². The van der Waals surface area contributed by atoms with Crippen molar-refractivity contribution < 1.29 is 9.53 Å². The summed E-state index contributed by atoms with van der Waals surface area (Å²) < 4.78 is 5.36. The zero-order chi connectivity index (χ0) is 19.9. The van der Waals surface area contributed by atoms with Crippen LogP contribution in [0, 0.1) is 0 Å². The Bertz CT molecular complexity index is 882. The van der Waals surface area contributed by atoms with Crippen LogP contribution in [0.25, 0.3) is 6.08 Å². The first-order valence-electron chi connectivity index (χ1n) is 8.69. The van der Waals surface area contributed by atoms with Crippen molar-refractivity contribution in [2.24, 2.45) is 0 Å². The Morgan fingerprint density at radius 3 is 2.50 bits per heavy atom. The fourth-order valence-electron chi connectivity index (χ4n) is 2.70. The van der Waals surface area contributed by atoms with E-state index in [4.69, 9.17) is 40.2 Å². The number of carbonyl (C=O) groups is 1. The monoisotopic (exact) mass is 435 g/mol. The van der Waals surface area contributed by atoms with Crippen molar-refractivity contribution in [3.8, 4) is 0 Å². The maximum absolute atomic E-state index is 12.0. The van der Waals surface area contributed by atoms with E-state index < -0.39 is 0 Å². The quantitative estimate of drug-likeness (QED) is 0.551. The highest BCUT2D eigenvalue weighted by Gasteiger charge is 2.11. The van der Waals surface area contributed by atoms with Crippen molar-refractivity contribution in [3.63, 3.8) is 0 Å². The van der Waals surface area contributed by atoms with Gasteiger partial charge < -0.3 is 15.0 Å². The summed E-state index contributed by atoms with van der Waals surface area (Å²) in [5.41, 5.74) is 2.62. The largest absolute Gasteiger partial charge is 0.378 e. The average molecular weight is 436 g/mol. The highest BCUT2D eigenvalue weighted by atomic mass is 35.5.